The molecular weight excluding hydrogens is 310 g/mol. The van der Waals surface area contributed by atoms with Crippen LogP contribution in [-0.4, -0.2) is 41.8 Å². The molecule has 2 aromatic rings. The zero-order valence-electron chi connectivity index (χ0n) is 14.7. The third-order valence-electron chi connectivity index (χ3n) is 5.49. The first kappa shape index (κ1) is 16.7. The first-order valence-corrected chi connectivity index (χ1v) is 9.27. The molecule has 4 rings (SSSR count). The van der Waals surface area contributed by atoms with Gasteiger partial charge in [0, 0.05) is 25.0 Å². The number of rotatable bonds is 4. The maximum Gasteiger partial charge on any atom is 0.0639 e. The third kappa shape index (κ3) is 3.62. The molecule has 2 fully saturated rings. The van der Waals surface area contributed by atoms with Gasteiger partial charge in [-0.05, 0) is 36.6 Å². The van der Waals surface area contributed by atoms with E-state index in [2.05, 4.69) is 64.3 Å². The number of hydrogen-bond acceptors (Lipinski definition) is 4. The number of β-amino-alcohol motifs (C(OH)–C–C–N with tert-alkyl or cyclic N) is 1. The maximum absolute atomic E-state index is 9.69. The van der Waals surface area contributed by atoms with Crippen LogP contribution in [0.15, 0.2) is 54.6 Å². The molecule has 0 saturated carbocycles. The van der Waals surface area contributed by atoms with Crippen LogP contribution in [0.1, 0.15) is 24.9 Å². The van der Waals surface area contributed by atoms with Crippen molar-refractivity contribution in [2.45, 2.75) is 31.5 Å². The van der Waals surface area contributed by atoms with Crippen LogP contribution in [0.2, 0.25) is 0 Å². The minimum absolute atomic E-state index is 0.262. The van der Waals surface area contributed by atoms with Gasteiger partial charge in [-0.1, -0.05) is 54.6 Å². The number of likely N-dealkylation sites (tertiary alicyclic amines) is 1. The Morgan fingerprint density at radius 3 is 2.48 bits per heavy atom. The second kappa shape index (κ2) is 7.26. The van der Waals surface area contributed by atoms with Gasteiger partial charge in [-0.15, -0.1) is 0 Å². The van der Waals surface area contributed by atoms with Gasteiger partial charge in [0.25, 0.3) is 0 Å². The molecule has 0 bridgehead atoms. The number of aliphatic hydroxyl groups excluding tert-OH is 1. The largest absolute Gasteiger partial charge is 0.392 e. The molecule has 4 atom stereocenters. The summed E-state index contributed by atoms with van der Waals surface area (Å²) < 4.78 is 0. The first-order chi connectivity index (χ1) is 12.2. The maximum atomic E-state index is 9.69. The molecule has 2 aliphatic rings. The lowest BCUT2D eigenvalue weighted by Crippen LogP contribution is -2.47. The molecule has 4 unspecified atom stereocenters. The number of nitrogens with one attached hydrogen (secondary N) is 2. The fraction of sp³-hybridized carbons (Fsp3) is 0.429. The van der Waals surface area contributed by atoms with E-state index in [4.69, 9.17) is 0 Å². The summed E-state index contributed by atoms with van der Waals surface area (Å²) in [5, 5.41) is 9.69. The summed E-state index contributed by atoms with van der Waals surface area (Å²) in [5.74, 6) is 0.537. The van der Waals surface area contributed by atoms with E-state index in [9.17, 15) is 5.11 Å². The Balaban J connectivity index is 1.49. The van der Waals surface area contributed by atoms with E-state index in [1.54, 1.807) is 0 Å². The number of aliphatic hydroxyl groups is 1. The highest BCUT2D eigenvalue weighted by molar-refractivity contribution is 5.63. The van der Waals surface area contributed by atoms with E-state index >= 15 is 0 Å². The Morgan fingerprint density at radius 1 is 1.04 bits per heavy atom. The van der Waals surface area contributed by atoms with Crippen LogP contribution < -0.4 is 10.9 Å². The summed E-state index contributed by atoms with van der Waals surface area (Å²) in [6.07, 6.45) is 0.866. The van der Waals surface area contributed by atoms with Crippen molar-refractivity contribution < 1.29 is 5.11 Å². The molecule has 4 heteroatoms. The fourth-order valence-corrected chi connectivity index (χ4v) is 4.26. The van der Waals surface area contributed by atoms with Gasteiger partial charge in [0.2, 0.25) is 0 Å². The number of fused-ring (bicyclic) bond motifs is 1. The molecule has 2 aliphatic heterocycles. The third-order valence-corrected chi connectivity index (χ3v) is 5.49. The Kier molecular flexibility index (Phi) is 4.86. The van der Waals surface area contributed by atoms with E-state index < -0.39 is 0 Å². The van der Waals surface area contributed by atoms with E-state index in [-0.39, 0.29) is 6.10 Å². The second-order valence-corrected chi connectivity index (χ2v) is 7.42. The molecule has 4 nitrogen and oxygen atoms in total. The van der Waals surface area contributed by atoms with Gasteiger partial charge in [-0.2, -0.15) is 0 Å². The molecule has 0 aromatic heterocycles. The zero-order chi connectivity index (χ0) is 17.2. The van der Waals surface area contributed by atoms with E-state index in [1.807, 2.05) is 13.0 Å². The molecule has 25 heavy (non-hydrogen) atoms. The van der Waals surface area contributed by atoms with Gasteiger partial charge in [0.05, 0.1) is 12.1 Å². The number of hydrogen-bond donors (Lipinski definition) is 3. The Bertz CT molecular complexity index is 686. The molecule has 2 aromatic carbocycles. The molecule has 0 radical (unpaired) electrons. The number of nitrogens with zero attached hydrogens (tertiary/aromatic N) is 1. The summed E-state index contributed by atoms with van der Waals surface area (Å²) in [5.41, 5.74) is 10.8. The first-order valence-electron chi connectivity index (χ1n) is 9.27. The van der Waals surface area contributed by atoms with Crippen LogP contribution in [0.4, 0.5) is 0 Å². The summed E-state index contributed by atoms with van der Waals surface area (Å²) in [7, 11) is 0. The molecule has 2 heterocycles. The van der Waals surface area contributed by atoms with E-state index in [0.29, 0.717) is 18.0 Å². The molecular formula is C21H27N3O. The van der Waals surface area contributed by atoms with Gasteiger partial charge < -0.3 is 10.0 Å². The van der Waals surface area contributed by atoms with Crippen molar-refractivity contribution in [3.63, 3.8) is 0 Å². The summed E-state index contributed by atoms with van der Waals surface area (Å²) in [6, 6.07) is 20.3. The summed E-state index contributed by atoms with van der Waals surface area (Å²) in [4.78, 5) is 2.39. The van der Waals surface area contributed by atoms with Crippen LogP contribution in [-0.2, 0) is 0 Å². The highest BCUT2D eigenvalue weighted by atomic mass is 16.3. The average Bonchev–Trinajstić information content (AvgIpc) is 3.05. The van der Waals surface area contributed by atoms with Crippen LogP contribution in [0.5, 0.6) is 0 Å². The van der Waals surface area contributed by atoms with Crippen LogP contribution >= 0.6 is 0 Å². The number of piperidine rings is 1. The molecule has 2 saturated heterocycles. The smallest absolute Gasteiger partial charge is 0.0639 e. The van der Waals surface area contributed by atoms with E-state index in [1.165, 1.54) is 16.7 Å². The minimum Gasteiger partial charge on any atom is -0.392 e. The Labute approximate surface area is 149 Å². The van der Waals surface area contributed by atoms with Crippen LogP contribution in [0, 0.1) is 5.92 Å². The van der Waals surface area contributed by atoms with Crippen molar-refractivity contribution >= 4 is 0 Å². The van der Waals surface area contributed by atoms with Crippen molar-refractivity contribution in [3.8, 4) is 11.1 Å². The van der Waals surface area contributed by atoms with Crippen molar-refractivity contribution in [2.75, 3.05) is 19.6 Å². The van der Waals surface area contributed by atoms with Gasteiger partial charge in [0.1, 0.15) is 0 Å². The van der Waals surface area contributed by atoms with Gasteiger partial charge in [-0.3, -0.25) is 5.43 Å². The van der Waals surface area contributed by atoms with Gasteiger partial charge >= 0.3 is 0 Å². The summed E-state index contributed by atoms with van der Waals surface area (Å²) >= 11 is 0. The van der Waals surface area contributed by atoms with Crippen LogP contribution in [0.3, 0.4) is 0 Å². The minimum atomic E-state index is -0.262. The van der Waals surface area contributed by atoms with Gasteiger partial charge in [-0.25, -0.2) is 5.43 Å². The lowest BCUT2D eigenvalue weighted by Gasteiger charge is -2.36. The normalized spacial score (nSPS) is 27.8. The van der Waals surface area contributed by atoms with Crippen molar-refractivity contribution in [1.82, 2.24) is 15.8 Å². The van der Waals surface area contributed by atoms with E-state index in [0.717, 1.165) is 26.1 Å². The molecule has 0 spiro atoms. The molecule has 0 amide bonds. The predicted molar refractivity (Wildman–Crippen MR) is 101 cm³/mol. The number of benzene rings is 2. The second-order valence-electron chi connectivity index (χ2n) is 7.42. The van der Waals surface area contributed by atoms with Crippen molar-refractivity contribution in [3.05, 3.63) is 60.2 Å². The fourth-order valence-electron chi connectivity index (χ4n) is 4.26. The zero-order valence-corrected chi connectivity index (χ0v) is 14.7. The molecule has 0 aliphatic carbocycles. The van der Waals surface area contributed by atoms with Gasteiger partial charge in [0.15, 0.2) is 0 Å². The monoisotopic (exact) mass is 337 g/mol. The molecule has 132 valence electrons. The lowest BCUT2D eigenvalue weighted by molar-refractivity contribution is 0.0870. The topological polar surface area (TPSA) is 47.5 Å². The van der Waals surface area contributed by atoms with Crippen molar-refractivity contribution in [1.29, 1.82) is 0 Å². The Hall–Kier alpha value is -1.72. The standard InChI is InChI=1S/C21H27N3O/c1-15(25)13-24-12-11-20-19(14-24)21(23-22-20)18-9-7-17(8-10-18)16-5-3-2-4-6-16/h2-10,15,19-23,25H,11-14H2,1H3. The Morgan fingerprint density at radius 2 is 1.76 bits per heavy atom. The quantitative estimate of drug-likeness (QED) is 0.803. The molecule has 3 N–H and O–H groups in total. The SMILES string of the molecule is CC(O)CN1CCC2NNC(c3ccc(-c4ccccc4)cc3)C2C1. The average molecular weight is 337 g/mol. The highest BCUT2D eigenvalue weighted by Gasteiger charge is 2.40. The highest BCUT2D eigenvalue weighted by Crippen LogP contribution is 2.34. The lowest BCUT2D eigenvalue weighted by atomic mass is 9.84. The van der Waals surface area contributed by atoms with Crippen LogP contribution in [0.25, 0.3) is 11.1 Å². The number of hydrazine groups is 1. The van der Waals surface area contributed by atoms with Crippen molar-refractivity contribution in [2.24, 2.45) is 5.92 Å². The predicted octanol–water partition coefficient (Wildman–Crippen LogP) is 2.57. The summed E-state index contributed by atoms with van der Waals surface area (Å²) in [6.45, 7) is 4.72.